The Hall–Kier alpha value is -2.20. The van der Waals surface area contributed by atoms with Crippen LogP contribution in [-0.2, 0) is 4.79 Å². The van der Waals surface area contributed by atoms with Crippen LogP contribution in [0.2, 0.25) is 5.02 Å². The fraction of sp³-hybridized carbons (Fsp3) is 0.133. The topological polar surface area (TPSA) is 55.8 Å². The number of fused-ring (bicyclic) bond motifs is 1. The SMILES string of the molecule is C=C(C)C(=O)Oc1c(OC)cc(O)c2cc(Cl)ccc12. The fourth-order valence-corrected chi connectivity index (χ4v) is 1.94. The molecule has 0 aromatic heterocycles. The molecule has 0 spiro atoms. The van der Waals surface area contributed by atoms with E-state index < -0.39 is 5.97 Å². The summed E-state index contributed by atoms with van der Waals surface area (Å²) in [7, 11) is 1.43. The minimum atomic E-state index is -0.565. The molecule has 20 heavy (non-hydrogen) atoms. The van der Waals surface area contributed by atoms with Crippen molar-refractivity contribution in [1.82, 2.24) is 0 Å². The average Bonchev–Trinajstić information content (AvgIpc) is 2.41. The van der Waals surface area contributed by atoms with Crippen molar-refractivity contribution < 1.29 is 19.4 Å². The lowest BCUT2D eigenvalue weighted by atomic mass is 10.1. The first-order valence-electron chi connectivity index (χ1n) is 5.81. The third-order valence-electron chi connectivity index (χ3n) is 2.76. The molecule has 0 radical (unpaired) electrons. The van der Waals surface area contributed by atoms with Crippen molar-refractivity contribution >= 4 is 28.3 Å². The van der Waals surface area contributed by atoms with E-state index in [1.807, 2.05) is 0 Å². The summed E-state index contributed by atoms with van der Waals surface area (Å²) < 4.78 is 10.4. The van der Waals surface area contributed by atoms with E-state index in [0.717, 1.165) is 0 Å². The molecular weight excluding hydrogens is 280 g/mol. The van der Waals surface area contributed by atoms with Crippen molar-refractivity contribution in [2.75, 3.05) is 7.11 Å². The van der Waals surface area contributed by atoms with E-state index in [2.05, 4.69) is 6.58 Å². The molecule has 2 aromatic carbocycles. The molecular formula is C15H13ClO4. The Morgan fingerprint density at radius 1 is 1.30 bits per heavy atom. The maximum absolute atomic E-state index is 11.7. The molecule has 0 amide bonds. The number of rotatable bonds is 3. The van der Waals surface area contributed by atoms with Crippen LogP contribution in [0, 0.1) is 0 Å². The number of hydrogen-bond donors (Lipinski definition) is 1. The highest BCUT2D eigenvalue weighted by Crippen LogP contribution is 2.42. The molecule has 0 aliphatic heterocycles. The number of aromatic hydroxyl groups is 1. The number of benzene rings is 2. The molecule has 0 aliphatic carbocycles. The van der Waals surface area contributed by atoms with Crippen LogP contribution in [0.1, 0.15) is 6.92 Å². The van der Waals surface area contributed by atoms with Crippen molar-refractivity contribution in [2.45, 2.75) is 6.92 Å². The van der Waals surface area contributed by atoms with Crippen molar-refractivity contribution in [2.24, 2.45) is 0 Å². The molecule has 0 saturated carbocycles. The van der Waals surface area contributed by atoms with E-state index in [9.17, 15) is 9.90 Å². The quantitative estimate of drug-likeness (QED) is 0.532. The maximum atomic E-state index is 11.7. The first-order valence-corrected chi connectivity index (χ1v) is 6.18. The highest BCUT2D eigenvalue weighted by atomic mass is 35.5. The Morgan fingerprint density at radius 3 is 2.60 bits per heavy atom. The number of esters is 1. The molecule has 104 valence electrons. The van der Waals surface area contributed by atoms with Gasteiger partial charge in [0.15, 0.2) is 11.5 Å². The lowest BCUT2D eigenvalue weighted by Gasteiger charge is -2.13. The zero-order valence-electron chi connectivity index (χ0n) is 11.1. The molecule has 0 unspecified atom stereocenters. The summed E-state index contributed by atoms with van der Waals surface area (Å²) in [6.45, 7) is 5.08. The van der Waals surface area contributed by atoms with Crippen LogP contribution >= 0.6 is 11.6 Å². The van der Waals surface area contributed by atoms with E-state index in [-0.39, 0.29) is 22.8 Å². The van der Waals surface area contributed by atoms with Crippen LogP contribution < -0.4 is 9.47 Å². The second kappa shape index (κ2) is 5.43. The number of carbonyl (C=O) groups is 1. The standard InChI is InChI=1S/C15H13ClO4/c1-8(2)15(18)20-14-10-5-4-9(16)6-11(10)12(17)7-13(14)19-3/h4-7,17H,1H2,2-3H3. The van der Waals surface area contributed by atoms with Gasteiger partial charge in [-0.25, -0.2) is 4.79 Å². The van der Waals surface area contributed by atoms with Gasteiger partial charge in [-0.15, -0.1) is 0 Å². The summed E-state index contributed by atoms with van der Waals surface area (Å²) >= 11 is 5.91. The number of hydrogen-bond acceptors (Lipinski definition) is 4. The average molecular weight is 293 g/mol. The van der Waals surface area contributed by atoms with Gasteiger partial charge in [-0.1, -0.05) is 18.2 Å². The Morgan fingerprint density at radius 2 is 2.00 bits per heavy atom. The van der Waals surface area contributed by atoms with E-state index >= 15 is 0 Å². The molecule has 5 heteroatoms. The Kier molecular flexibility index (Phi) is 3.86. The first kappa shape index (κ1) is 14.2. The molecule has 2 aromatic rings. The molecule has 0 bridgehead atoms. The molecule has 0 atom stereocenters. The zero-order valence-corrected chi connectivity index (χ0v) is 11.8. The summed E-state index contributed by atoms with van der Waals surface area (Å²) in [6.07, 6.45) is 0. The van der Waals surface area contributed by atoms with Crippen molar-refractivity contribution in [3.05, 3.63) is 41.4 Å². The highest BCUT2D eigenvalue weighted by molar-refractivity contribution is 6.31. The largest absolute Gasteiger partial charge is 0.507 e. The number of carbonyl (C=O) groups excluding carboxylic acids is 1. The molecule has 2 rings (SSSR count). The van der Waals surface area contributed by atoms with E-state index in [1.165, 1.54) is 13.2 Å². The summed E-state index contributed by atoms with van der Waals surface area (Å²) in [4.78, 5) is 11.7. The number of methoxy groups -OCH3 is 1. The molecule has 0 saturated heterocycles. The van der Waals surface area contributed by atoms with Crippen molar-refractivity contribution in [3.63, 3.8) is 0 Å². The molecule has 0 heterocycles. The van der Waals surface area contributed by atoms with E-state index in [0.29, 0.717) is 15.8 Å². The lowest BCUT2D eigenvalue weighted by Crippen LogP contribution is -2.09. The Balaban J connectivity index is 2.69. The van der Waals surface area contributed by atoms with Crippen LogP contribution in [0.25, 0.3) is 10.8 Å². The van der Waals surface area contributed by atoms with Crippen LogP contribution in [0.15, 0.2) is 36.4 Å². The van der Waals surface area contributed by atoms with Crippen molar-refractivity contribution in [3.8, 4) is 17.2 Å². The van der Waals surface area contributed by atoms with Crippen molar-refractivity contribution in [1.29, 1.82) is 0 Å². The van der Waals surface area contributed by atoms with Crippen LogP contribution in [0.3, 0.4) is 0 Å². The normalized spacial score (nSPS) is 10.3. The fourth-order valence-electron chi connectivity index (χ4n) is 1.76. The number of phenolic OH excluding ortho intramolecular Hbond substituents is 1. The minimum Gasteiger partial charge on any atom is -0.507 e. The van der Waals surface area contributed by atoms with Gasteiger partial charge >= 0.3 is 5.97 Å². The third kappa shape index (κ3) is 2.56. The first-order chi connectivity index (χ1) is 9.43. The lowest BCUT2D eigenvalue weighted by molar-refractivity contribution is -0.130. The van der Waals surface area contributed by atoms with E-state index in [4.69, 9.17) is 21.1 Å². The highest BCUT2D eigenvalue weighted by Gasteiger charge is 2.17. The summed E-state index contributed by atoms with van der Waals surface area (Å²) in [5.41, 5.74) is 0.266. The number of halogens is 1. The van der Waals surface area contributed by atoms with Gasteiger partial charge in [-0.2, -0.15) is 0 Å². The van der Waals surface area contributed by atoms with Gasteiger partial charge in [-0.05, 0) is 25.1 Å². The van der Waals surface area contributed by atoms with Crippen LogP contribution in [-0.4, -0.2) is 18.2 Å². The second-order valence-corrected chi connectivity index (χ2v) is 4.72. The van der Waals surface area contributed by atoms with Gasteiger partial charge in [-0.3, -0.25) is 0 Å². The van der Waals surface area contributed by atoms with Gasteiger partial charge in [0.1, 0.15) is 5.75 Å². The third-order valence-corrected chi connectivity index (χ3v) is 2.99. The summed E-state index contributed by atoms with van der Waals surface area (Å²) in [5, 5.41) is 11.4. The predicted octanol–water partition coefficient (Wildman–Crippen LogP) is 3.69. The van der Waals surface area contributed by atoms with Gasteiger partial charge in [0.05, 0.1) is 7.11 Å². The summed E-state index contributed by atoms with van der Waals surface area (Å²) in [6, 6.07) is 6.26. The number of phenols is 1. The minimum absolute atomic E-state index is 0.00512. The predicted molar refractivity (Wildman–Crippen MR) is 77.6 cm³/mol. The Labute approximate surface area is 121 Å². The zero-order chi connectivity index (χ0) is 14.9. The molecule has 0 aliphatic rings. The smallest absolute Gasteiger partial charge is 0.338 e. The van der Waals surface area contributed by atoms with E-state index in [1.54, 1.807) is 25.1 Å². The Bertz CT molecular complexity index is 707. The molecule has 0 fully saturated rings. The van der Waals surface area contributed by atoms with Gasteiger partial charge in [0.2, 0.25) is 0 Å². The number of ether oxygens (including phenoxy) is 2. The van der Waals surface area contributed by atoms with Gasteiger partial charge in [0, 0.05) is 27.4 Å². The summed E-state index contributed by atoms with van der Waals surface area (Å²) in [5.74, 6) is -0.0865. The molecule has 4 nitrogen and oxygen atoms in total. The van der Waals surface area contributed by atoms with Gasteiger partial charge < -0.3 is 14.6 Å². The maximum Gasteiger partial charge on any atom is 0.338 e. The monoisotopic (exact) mass is 292 g/mol. The van der Waals surface area contributed by atoms with Crippen LogP contribution in [0.4, 0.5) is 0 Å². The second-order valence-electron chi connectivity index (χ2n) is 4.29. The van der Waals surface area contributed by atoms with Gasteiger partial charge in [0.25, 0.3) is 0 Å². The molecule has 1 N–H and O–H groups in total. The van der Waals surface area contributed by atoms with Crippen LogP contribution in [0.5, 0.6) is 17.2 Å².